The molecular formula is C27H34N2O5. The number of carboxylic acids is 1. The van der Waals surface area contributed by atoms with Gasteiger partial charge in [-0.2, -0.15) is 0 Å². The molecule has 0 aliphatic heterocycles. The summed E-state index contributed by atoms with van der Waals surface area (Å²) in [5.41, 5.74) is 2.94. The Morgan fingerprint density at radius 3 is 1.97 bits per heavy atom. The summed E-state index contributed by atoms with van der Waals surface area (Å²) in [5, 5.41) is 14.6. The maximum Gasteiger partial charge on any atom is 0.407 e. The molecule has 1 aliphatic rings. The third-order valence-electron chi connectivity index (χ3n) is 6.04. The predicted molar refractivity (Wildman–Crippen MR) is 130 cm³/mol. The van der Waals surface area contributed by atoms with Gasteiger partial charge in [0.15, 0.2) is 0 Å². The quantitative estimate of drug-likeness (QED) is 0.529. The van der Waals surface area contributed by atoms with E-state index in [1.807, 2.05) is 45.0 Å². The number of rotatable bonds is 8. The minimum atomic E-state index is -1.41. The molecule has 0 bridgehead atoms. The highest BCUT2D eigenvalue weighted by atomic mass is 16.5. The molecular weight excluding hydrogens is 432 g/mol. The predicted octanol–water partition coefficient (Wildman–Crippen LogP) is 4.56. The number of amides is 2. The molecule has 3 rings (SSSR count). The van der Waals surface area contributed by atoms with Crippen LogP contribution in [0.5, 0.6) is 0 Å². The Labute approximate surface area is 200 Å². The molecule has 7 nitrogen and oxygen atoms in total. The van der Waals surface area contributed by atoms with Crippen molar-refractivity contribution in [2.45, 2.75) is 52.5 Å². The van der Waals surface area contributed by atoms with Crippen LogP contribution in [0.4, 0.5) is 4.79 Å². The van der Waals surface area contributed by atoms with Gasteiger partial charge in [0, 0.05) is 12.5 Å². The minimum Gasteiger partial charge on any atom is -0.480 e. The number of hydrogen-bond donors (Lipinski definition) is 3. The number of benzene rings is 2. The summed E-state index contributed by atoms with van der Waals surface area (Å²) in [5.74, 6) is -2.19. The first-order chi connectivity index (χ1) is 15.9. The van der Waals surface area contributed by atoms with Crippen molar-refractivity contribution in [2.75, 3.05) is 13.2 Å². The number of ether oxygens (including phenoxy) is 1. The number of carbonyl (C=O) groups excluding carboxylic acids is 2. The van der Waals surface area contributed by atoms with E-state index < -0.39 is 29.4 Å². The van der Waals surface area contributed by atoms with Crippen molar-refractivity contribution in [3.8, 4) is 11.1 Å². The van der Waals surface area contributed by atoms with Gasteiger partial charge in [-0.25, -0.2) is 9.59 Å². The zero-order valence-corrected chi connectivity index (χ0v) is 20.5. The zero-order valence-electron chi connectivity index (χ0n) is 20.5. The Bertz CT molecular complexity index is 1030. The lowest BCUT2D eigenvalue weighted by Gasteiger charge is -2.29. The van der Waals surface area contributed by atoms with Crippen molar-refractivity contribution in [1.29, 1.82) is 0 Å². The molecule has 34 heavy (non-hydrogen) atoms. The summed E-state index contributed by atoms with van der Waals surface area (Å²) in [6.07, 6.45) is -0.135. The van der Waals surface area contributed by atoms with Crippen molar-refractivity contribution >= 4 is 18.0 Å². The van der Waals surface area contributed by atoms with Crippen LogP contribution in [-0.2, 0) is 14.3 Å². The summed E-state index contributed by atoms with van der Waals surface area (Å²) in [6, 6.07) is 16.2. The van der Waals surface area contributed by atoms with Crippen LogP contribution in [0, 0.1) is 11.3 Å². The highest BCUT2D eigenvalue weighted by Gasteiger charge is 2.34. The Hall–Kier alpha value is -3.35. The molecule has 0 radical (unpaired) electrons. The lowest BCUT2D eigenvalue weighted by atomic mass is 9.83. The van der Waals surface area contributed by atoms with Gasteiger partial charge >= 0.3 is 12.1 Å². The van der Waals surface area contributed by atoms with E-state index in [-0.39, 0.29) is 24.5 Å². The van der Waals surface area contributed by atoms with E-state index in [1.54, 1.807) is 0 Å². The molecule has 0 saturated heterocycles. The van der Waals surface area contributed by atoms with Crippen molar-refractivity contribution in [3.05, 3.63) is 59.7 Å². The molecule has 1 aliphatic carbocycles. The average Bonchev–Trinajstić information content (AvgIpc) is 3.07. The molecule has 2 aromatic carbocycles. The number of aliphatic carboxylic acids is 1. The molecule has 2 amide bonds. The lowest BCUT2D eigenvalue weighted by Crippen LogP contribution is -2.53. The number of carbonyl (C=O) groups is 3. The highest BCUT2D eigenvalue weighted by molar-refractivity contribution is 5.87. The molecule has 0 spiro atoms. The number of nitrogens with one attached hydrogen (secondary N) is 2. The first-order valence-corrected chi connectivity index (χ1v) is 11.5. The number of alkyl carbamates (subject to hydrolysis) is 1. The van der Waals surface area contributed by atoms with Gasteiger partial charge in [-0.15, -0.1) is 0 Å². The molecule has 0 fully saturated rings. The monoisotopic (exact) mass is 466 g/mol. The summed E-state index contributed by atoms with van der Waals surface area (Å²) >= 11 is 0. The van der Waals surface area contributed by atoms with Crippen molar-refractivity contribution < 1.29 is 24.2 Å². The molecule has 2 aromatic rings. The summed E-state index contributed by atoms with van der Waals surface area (Å²) < 4.78 is 5.56. The fourth-order valence-electron chi connectivity index (χ4n) is 4.32. The Morgan fingerprint density at radius 2 is 1.47 bits per heavy atom. The standard InChI is InChI=1S/C27H34N2O5/c1-26(2,3)14-17(23(30)29-27(4,5)24(31)32)15-28-25(33)34-16-22-20-12-8-6-10-18(20)19-11-7-9-13-21(19)22/h6-13,17,22H,14-16H2,1-5H3,(H,28,33)(H,29,30)(H,31,32). The fraction of sp³-hybridized carbons (Fsp3) is 0.444. The maximum absolute atomic E-state index is 12.8. The largest absolute Gasteiger partial charge is 0.480 e. The van der Waals surface area contributed by atoms with Crippen LogP contribution in [0.2, 0.25) is 0 Å². The van der Waals surface area contributed by atoms with E-state index in [9.17, 15) is 19.5 Å². The highest BCUT2D eigenvalue weighted by Crippen LogP contribution is 2.44. The van der Waals surface area contributed by atoms with Crippen LogP contribution in [0.3, 0.4) is 0 Å². The van der Waals surface area contributed by atoms with Gasteiger partial charge in [0.25, 0.3) is 0 Å². The summed E-state index contributed by atoms with van der Waals surface area (Å²) in [6.45, 7) is 9.06. The molecule has 3 N–H and O–H groups in total. The van der Waals surface area contributed by atoms with Crippen LogP contribution in [0.1, 0.15) is 58.1 Å². The van der Waals surface area contributed by atoms with Crippen LogP contribution < -0.4 is 10.6 Å². The van der Waals surface area contributed by atoms with Gasteiger partial charge in [0.05, 0.1) is 5.92 Å². The van der Waals surface area contributed by atoms with E-state index in [0.717, 1.165) is 22.3 Å². The Morgan fingerprint density at radius 1 is 0.941 bits per heavy atom. The van der Waals surface area contributed by atoms with Gasteiger partial charge in [-0.3, -0.25) is 4.79 Å². The number of fused-ring (bicyclic) bond motifs is 3. The van der Waals surface area contributed by atoms with Crippen LogP contribution in [0.25, 0.3) is 11.1 Å². The third kappa shape index (κ3) is 5.95. The Kier molecular flexibility index (Phi) is 7.34. The van der Waals surface area contributed by atoms with Crippen LogP contribution >= 0.6 is 0 Å². The van der Waals surface area contributed by atoms with Crippen molar-refractivity contribution in [2.24, 2.45) is 11.3 Å². The topological polar surface area (TPSA) is 105 Å². The second-order valence-corrected chi connectivity index (χ2v) is 10.6. The molecule has 182 valence electrons. The second-order valence-electron chi connectivity index (χ2n) is 10.6. The normalized spacial score (nSPS) is 14.0. The molecule has 0 saturated carbocycles. The van der Waals surface area contributed by atoms with E-state index in [0.29, 0.717) is 6.42 Å². The first kappa shape index (κ1) is 25.3. The van der Waals surface area contributed by atoms with Crippen molar-refractivity contribution in [1.82, 2.24) is 10.6 Å². The van der Waals surface area contributed by atoms with Crippen LogP contribution in [0.15, 0.2) is 48.5 Å². The van der Waals surface area contributed by atoms with E-state index in [2.05, 4.69) is 34.9 Å². The van der Waals surface area contributed by atoms with Crippen molar-refractivity contribution in [3.63, 3.8) is 0 Å². The lowest BCUT2D eigenvalue weighted by molar-refractivity contribution is -0.146. The van der Waals surface area contributed by atoms with Gasteiger partial charge < -0.3 is 20.5 Å². The van der Waals surface area contributed by atoms with E-state index >= 15 is 0 Å². The van der Waals surface area contributed by atoms with E-state index in [1.165, 1.54) is 13.8 Å². The van der Waals surface area contributed by atoms with Gasteiger partial charge in [0.1, 0.15) is 12.1 Å². The van der Waals surface area contributed by atoms with Gasteiger partial charge in [-0.05, 0) is 47.9 Å². The molecule has 1 atom stereocenters. The third-order valence-corrected chi connectivity index (χ3v) is 6.04. The molecule has 0 heterocycles. The number of carboxylic acid groups (broad SMARTS) is 1. The van der Waals surface area contributed by atoms with Gasteiger partial charge in [0.2, 0.25) is 5.91 Å². The maximum atomic E-state index is 12.8. The SMILES string of the molecule is CC(C)(C)CC(CNC(=O)OCC1c2ccccc2-c2ccccc21)C(=O)NC(C)(C)C(=O)O. The summed E-state index contributed by atoms with van der Waals surface area (Å²) in [7, 11) is 0. The van der Waals surface area contributed by atoms with Gasteiger partial charge in [-0.1, -0.05) is 69.3 Å². The Balaban J connectivity index is 1.63. The molecule has 7 heteroatoms. The van der Waals surface area contributed by atoms with E-state index in [4.69, 9.17) is 4.74 Å². The zero-order chi connectivity index (χ0) is 25.1. The molecule has 0 aromatic heterocycles. The smallest absolute Gasteiger partial charge is 0.407 e. The summed E-state index contributed by atoms with van der Waals surface area (Å²) in [4.78, 5) is 36.8. The van der Waals surface area contributed by atoms with Crippen LogP contribution in [-0.4, -0.2) is 41.8 Å². The second kappa shape index (κ2) is 9.87. The fourth-order valence-corrected chi connectivity index (χ4v) is 4.32. The average molecular weight is 467 g/mol. The number of hydrogen-bond acceptors (Lipinski definition) is 4. The molecule has 1 unspecified atom stereocenters. The minimum absolute atomic E-state index is 0.0511. The first-order valence-electron chi connectivity index (χ1n) is 11.5.